The molecule has 2 heterocycles. The molecule has 0 aliphatic carbocycles. The molecule has 1 amide bonds. The molecule has 1 atom stereocenters. The number of aliphatic hydroxyl groups excluding tert-OH is 1. The van der Waals surface area contributed by atoms with Gasteiger partial charge in [0.15, 0.2) is 5.76 Å². The van der Waals surface area contributed by atoms with E-state index in [9.17, 15) is 14.7 Å². The van der Waals surface area contributed by atoms with Gasteiger partial charge < -0.3 is 19.6 Å². The normalized spacial score (nSPS) is 16.8. The number of benzene rings is 1. The highest BCUT2D eigenvalue weighted by Crippen LogP contribution is 2.40. The first kappa shape index (κ1) is 21.0. The lowest BCUT2D eigenvalue weighted by Crippen LogP contribution is -2.36. The van der Waals surface area contributed by atoms with Gasteiger partial charge in [0.1, 0.15) is 5.75 Å². The van der Waals surface area contributed by atoms with Crippen molar-refractivity contribution >= 4 is 23.0 Å². The third-order valence-corrected chi connectivity index (χ3v) is 5.93. The minimum absolute atomic E-state index is 0.0914. The Balaban J connectivity index is 2.10. The second kappa shape index (κ2) is 8.34. The molecule has 1 aromatic carbocycles. The summed E-state index contributed by atoms with van der Waals surface area (Å²) < 4.78 is 5.32. The monoisotopic (exact) mass is 415 g/mol. The van der Waals surface area contributed by atoms with Gasteiger partial charge in [-0.3, -0.25) is 9.59 Å². The largest absolute Gasteiger partial charge is 0.503 e. The summed E-state index contributed by atoms with van der Waals surface area (Å²) in [7, 11) is 5.37. The number of nitrogens with zero attached hydrogens (tertiary/aromatic N) is 3. The van der Waals surface area contributed by atoms with Crippen LogP contribution in [-0.4, -0.2) is 65.9 Å². The second-order valence-electron chi connectivity index (χ2n) is 7.22. The number of ketones is 1. The van der Waals surface area contributed by atoms with Gasteiger partial charge in [0, 0.05) is 13.1 Å². The zero-order valence-corrected chi connectivity index (χ0v) is 18.0. The van der Waals surface area contributed by atoms with E-state index in [4.69, 9.17) is 4.74 Å². The lowest BCUT2D eigenvalue weighted by molar-refractivity contribution is -0.129. The summed E-state index contributed by atoms with van der Waals surface area (Å²) in [6, 6.07) is 6.54. The highest BCUT2D eigenvalue weighted by atomic mass is 32.1. The van der Waals surface area contributed by atoms with Crippen LogP contribution >= 0.6 is 11.3 Å². The first-order valence-electron chi connectivity index (χ1n) is 9.26. The highest BCUT2D eigenvalue weighted by molar-refractivity contribution is 7.14. The summed E-state index contributed by atoms with van der Waals surface area (Å²) in [5, 5.41) is 11.4. The summed E-state index contributed by atoms with van der Waals surface area (Å²) in [4.78, 5) is 34.5. The lowest BCUT2D eigenvalue weighted by Gasteiger charge is -2.28. The molecule has 0 saturated heterocycles. The fraction of sp³-hybridized carbons (Fsp3) is 0.381. The molecule has 1 unspecified atom stereocenters. The van der Waals surface area contributed by atoms with Gasteiger partial charge in [0.05, 0.1) is 34.3 Å². The van der Waals surface area contributed by atoms with Gasteiger partial charge in [0.2, 0.25) is 5.78 Å². The van der Waals surface area contributed by atoms with Crippen LogP contribution in [0.4, 0.5) is 0 Å². The first-order valence-corrected chi connectivity index (χ1v) is 10.1. The van der Waals surface area contributed by atoms with Crippen molar-refractivity contribution in [2.24, 2.45) is 0 Å². The number of methoxy groups -OCH3 is 1. The maximum atomic E-state index is 13.4. The lowest BCUT2D eigenvalue weighted by atomic mass is 9.95. The van der Waals surface area contributed by atoms with Gasteiger partial charge in [-0.1, -0.05) is 12.1 Å². The number of thiazole rings is 1. The Morgan fingerprint density at radius 2 is 2.07 bits per heavy atom. The Morgan fingerprint density at radius 1 is 1.34 bits per heavy atom. The van der Waals surface area contributed by atoms with Crippen molar-refractivity contribution < 1.29 is 19.4 Å². The minimum atomic E-state index is -0.688. The maximum Gasteiger partial charge on any atom is 0.290 e. The van der Waals surface area contributed by atoms with E-state index in [1.807, 2.05) is 38.1 Å². The van der Waals surface area contributed by atoms with Crippen LogP contribution in [0.25, 0.3) is 0 Å². The molecule has 8 heteroatoms. The topological polar surface area (TPSA) is 83.0 Å². The predicted molar refractivity (Wildman–Crippen MR) is 112 cm³/mol. The summed E-state index contributed by atoms with van der Waals surface area (Å²) in [5.41, 5.74) is 1.40. The molecule has 1 aliphatic rings. The average Bonchev–Trinajstić information content (AvgIpc) is 3.15. The van der Waals surface area contributed by atoms with Gasteiger partial charge in [-0.15, -0.1) is 11.3 Å². The molecule has 1 aliphatic heterocycles. The Morgan fingerprint density at radius 3 is 2.66 bits per heavy atom. The number of carbonyl (C=O) groups excluding carboxylic acids is 2. The predicted octanol–water partition coefficient (Wildman–Crippen LogP) is 2.91. The van der Waals surface area contributed by atoms with Gasteiger partial charge in [-0.05, 0) is 45.6 Å². The second-order valence-corrected chi connectivity index (χ2v) is 8.42. The van der Waals surface area contributed by atoms with Crippen LogP contribution in [0.2, 0.25) is 0 Å². The van der Waals surface area contributed by atoms with E-state index in [2.05, 4.69) is 4.98 Å². The van der Waals surface area contributed by atoms with E-state index in [-0.39, 0.29) is 11.4 Å². The quantitative estimate of drug-likeness (QED) is 0.700. The first-order chi connectivity index (χ1) is 13.7. The van der Waals surface area contributed by atoms with Crippen LogP contribution in [-0.2, 0) is 4.79 Å². The van der Waals surface area contributed by atoms with Crippen molar-refractivity contribution in [1.29, 1.82) is 0 Å². The molecule has 0 bridgehead atoms. The molecule has 154 valence electrons. The van der Waals surface area contributed by atoms with Gasteiger partial charge >= 0.3 is 0 Å². The molecule has 1 aromatic heterocycles. The molecule has 1 N–H and O–H groups in total. The molecule has 0 fully saturated rings. The van der Waals surface area contributed by atoms with E-state index in [1.54, 1.807) is 31.1 Å². The van der Waals surface area contributed by atoms with Crippen molar-refractivity contribution in [2.45, 2.75) is 19.9 Å². The Hall–Kier alpha value is -2.71. The number of likely N-dealkylation sites (N-methyl/N-ethyl adjacent to an activating group) is 1. The number of hydrogen-bond donors (Lipinski definition) is 1. The highest BCUT2D eigenvalue weighted by Gasteiger charge is 2.44. The standard InChI is InChI=1S/C21H25N3O4S/c1-12-20(29-13(2)22-12)18(25)16-17(14-7-6-8-15(11-14)28-5)24(10-9-23(3)4)21(27)19(16)26/h6-8,11,17,26H,9-10H2,1-5H3. The molecule has 3 rings (SSSR count). The van der Waals surface area contributed by atoms with E-state index in [1.165, 1.54) is 11.3 Å². The molecule has 0 radical (unpaired) electrons. The zero-order chi connectivity index (χ0) is 21.3. The van der Waals surface area contributed by atoms with E-state index in [0.29, 0.717) is 35.0 Å². The zero-order valence-electron chi connectivity index (χ0n) is 17.2. The smallest absolute Gasteiger partial charge is 0.290 e. The molecule has 2 aromatic rings. The number of aromatic nitrogens is 1. The van der Waals surface area contributed by atoms with Crippen molar-refractivity contribution in [3.63, 3.8) is 0 Å². The molecule has 29 heavy (non-hydrogen) atoms. The fourth-order valence-corrected chi connectivity index (χ4v) is 4.32. The van der Waals surface area contributed by atoms with Crippen LogP contribution in [0.3, 0.4) is 0 Å². The van der Waals surface area contributed by atoms with Crippen LogP contribution in [0.15, 0.2) is 35.6 Å². The van der Waals surface area contributed by atoms with E-state index < -0.39 is 17.7 Å². The number of aryl methyl sites for hydroxylation is 2. The van der Waals surface area contributed by atoms with Crippen LogP contribution < -0.4 is 4.74 Å². The Bertz CT molecular complexity index is 980. The maximum absolute atomic E-state index is 13.4. The number of carbonyl (C=O) groups is 2. The van der Waals surface area contributed by atoms with Crippen LogP contribution in [0, 0.1) is 13.8 Å². The van der Waals surface area contributed by atoms with Crippen molar-refractivity contribution in [2.75, 3.05) is 34.3 Å². The number of aliphatic hydroxyl groups is 1. The fourth-order valence-electron chi connectivity index (χ4n) is 3.45. The van der Waals surface area contributed by atoms with Crippen LogP contribution in [0.5, 0.6) is 5.75 Å². The average molecular weight is 416 g/mol. The molecule has 0 spiro atoms. The van der Waals surface area contributed by atoms with Gasteiger partial charge in [0.25, 0.3) is 5.91 Å². The molecular formula is C21H25N3O4S. The van der Waals surface area contributed by atoms with Crippen molar-refractivity contribution in [3.8, 4) is 5.75 Å². The molecule has 0 saturated carbocycles. The van der Waals surface area contributed by atoms with E-state index >= 15 is 0 Å². The minimum Gasteiger partial charge on any atom is -0.503 e. The number of rotatable bonds is 7. The summed E-state index contributed by atoms with van der Waals surface area (Å²) >= 11 is 1.27. The third-order valence-electron chi connectivity index (χ3n) is 4.86. The van der Waals surface area contributed by atoms with Crippen molar-refractivity contribution in [3.05, 3.63) is 56.7 Å². The molecule has 7 nitrogen and oxygen atoms in total. The Kier molecular flexibility index (Phi) is 6.04. The summed E-state index contributed by atoms with van der Waals surface area (Å²) in [5.74, 6) is -0.779. The molecular weight excluding hydrogens is 390 g/mol. The van der Waals surface area contributed by atoms with Gasteiger partial charge in [-0.25, -0.2) is 4.98 Å². The SMILES string of the molecule is COc1cccc(C2C(C(=O)c3sc(C)nc3C)=C(O)C(=O)N2CCN(C)C)c1. The number of hydrogen-bond acceptors (Lipinski definition) is 7. The van der Waals surface area contributed by atoms with Crippen molar-refractivity contribution in [1.82, 2.24) is 14.8 Å². The number of amides is 1. The summed E-state index contributed by atoms with van der Waals surface area (Å²) in [6.45, 7) is 4.55. The van der Waals surface area contributed by atoms with Gasteiger partial charge in [-0.2, -0.15) is 0 Å². The summed E-state index contributed by atoms with van der Waals surface area (Å²) in [6.07, 6.45) is 0. The van der Waals surface area contributed by atoms with Crippen LogP contribution in [0.1, 0.15) is 32.0 Å². The third kappa shape index (κ3) is 4.04. The number of Topliss-reactive ketones (excluding diaryl/α,β-unsaturated/α-hetero) is 1. The number of ether oxygens (including phenoxy) is 1. The van der Waals surface area contributed by atoms with E-state index in [0.717, 1.165) is 5.01 Å². The Labute approximate surface area is 174 Å².